The van der Waals surface area contributed by atoms with Crippen molar-refractivity contribution in [3.8, 4) is 0 Å². The van der Waals surface area contributed by atoms with E-state index in [1.165, 1.54) is 103 Å². The number of amides is 2. The molecule has 7 heteroatoms. The van der Waals surface area contributed by atoms with Gasteiger partial charge in [-0.05, 0) is 26.2 Å². The van der Waals surface area contributed by atoms with Crippen molar-refractivity contribution in [3.05, 3.63) is 30.1 Å². The monoisotopic (exact) mass is 589 g/mol. The molecule has 2 rings (SSSR count). The molecule has 0 spiro atoms. The minimum Gasteiger partial charge on any atom is -0.446 e. The minimum absolute atomic E-state index is 0.0944. The summed E-state index contributed by atoms with van der Waals surface area (Å²) >= 11 is 0. The Morgan fingerprint density at radius 3 is 1.98 bits per heavy atom. The number of pyridine rings is 1. The van der Waals surface area contributed by atoms with Crippen LogP contribution in [0.3, 0.4) is 0 Å². The van der Waals surface area contributed by atoms with Crippen molar-refractivity contribution in [1.82, 2.24) is 4.90 Å². The number of carbonyl (C=O) groups excluding carboxylic acids is 2. The largest absolute Gasteiger partial charge is 0.446 e. The molecular weight excluding hydrogens is 528 g/mol. The first-order valence-corrected chi connectivity index (χ1v) is 17.1. The van der Waals surface area contributed by atoms with Gasteiger partial charge in [-0.3, -0.25) is 4.79 Å². The van der Waals surface area contributed by atoms with E-state index in [1.807, 2.05) is 35.9 Å². The van der Waals surface area contributed by atoms with Gasteiger partial charge in [0.2, 0.25) is 11.6 Å². The highest BCUT2D eigenvalue weighted by Gasteiger charge is 2.38. The lowest BCUT2D eigenvalue weighted by Gasteiger charge is -2.28. The minimum atomic E-state index is -0.637. The maximum Gasteiger partial charge on any atom is 0.417 e. The van der Waals surface area contributed by atoms with Crippen LogP contribution in [0.5, 0.6) is 0 Å². The van der Waals surface area contributed by atoms with Crippen molar-refractivity contribution in [2.24, 2.45) is 0 Å². The average molecular weight is 590 g/mol. The van der Waals surface area contributed by atoms with Gasteiger partial charge in [-0.1, -0.05) is 109 Å². The van der Waals surface area contributed by atoms with Gasteiger partial charge >= 0.3 is 6.09 Å². The summed E-state index contributed by atoms with van der Waals surface area (Å²) < 4.78 is 19.7. The van der Waals surface area contributed by atoms with Gasteiger partial charge in [-0.25, -0.2) is 14.3 Å². The van der Waals surface area contributed by atoms with Crippen molar-refractivity contribution in [2.45, 2.75) is 155 Å². The molecular formula is C35H61N2O5+. The first-order chi connectivity index (χ1) is 20.5. The Morgan fingerprint density at radius 2 is 1.45 bits per heavy atom. The van der Waals surface area contributed by atoms with E-state index in [2.05, 4.69) is 6.92 Å². The SMILES string of the molecule is CCCCCCCCCCCCCCCCCCOCC1(COC(=O)N(Cc2cccc[n+]2CC)C(C)=O)CCCO1. The third kappa shape index (κ3) is 15.0. The van der Waals surface area contributed by atoms with Crippen LogP contribution in [0.2, 0.25) is 0 Å². The first kappa shape index (κ1) is 36.2. The van der Waals surface area contributed by atoms with Crippen LogP contribution in [0.25, 0.3) is 0 Å². The van der Waals surface area contributed by atoms with Gasteiger partial charge in [0, 0.05) is 32.3 Å². The molecule has 0 saturated carbocycles. The highest BCUT2D eigenvalue weighted by Crippen LogP contribution is 2.27. The van der Waals surface area contributed by atoms with Gasteiger partial charge in [-0.2, -0.15) is 0 Å². The topological polar surface area (TPSA) is 69.0 Å². The average Bonchev–Trinajstić information content (AvgIpc) is 3.47. The molecule has 1 saturated heterocycles. The zero-order valence-corrected chi connectivity index (χ0v) is 27.2. The van der Waals surface area contributed by atoms with Gasteiger partial charge in [0.05, 0.1) is 6.61 Å². The van der Waals surface area contributed by atoms with E-state index in [9.17, 15) is 9.59 Å². The molecule has 1 aromatic heterocycles. The Morgan fingerprint density at radius 1 is 0.857 bits per heavy atom. The molecule has 1 aliphatic heterocycles. The van der Waals surface area contributed by atoms with Crippen LogP contribution < -0.4 is 4.57 Å². The number of hydrogen-bond acceptors (Lipinski definition) is 5. The van der Waals surface area contributed by atoms with E-state index >= 15 is 0 Å². The van der Waals surface area contributed by atoms with Crippen molar-refractivity contribution < 1.29 is 28.4 Å². The van der Waals surface area contributed by atoms with Gasteiger partial charge < -0.3 is 14.2 Å². The molecule has 1 fully saturated rings. The van der Waals surface area contributed by atoms with E-state index in [1.54, 1.807) is 0 Å². The smallest absolute Gasteiger partial charge is 0.417 e. The fourth-order valence-electron chi connectivity index (χ4n) is 5.74. The number of imide groups is 1. The second-order valence-electron chi connectivity index (χ2n) is 12.1. The summed E-state index contributed by atoms with van der Waals surface area (Å²) in [6, 6.07) is 5.76. The predicted octanol–water partition coefficient (Wildman–Crippen LogP) is 8.31. The van der Waals surface area contributed by atoms with Crippen LogP contribution in [0.1, 0.15) is 142 Å². The number of aromatic nitrogens is 1. The van der Waals surface area contributed by atoms with Crippen LogP contribution >= 0.6 is 0 Å². The van der Waals surface area contributed by atoms with Gasteiger partial charge in [0.15, 0.2) is 6.20 Å². The number of aryl methyl sites for hydroxylation is 1. The van der Waals surface area contributed by atoms with Crippen LogP contribution in [-0.4, -0.2) is 48.9 Å². The molecule has 1 unspecified atom stereocenters. The zero-order valence-electron chi connectivity index (χ0n) is 27.2. The normalized spacial score (nSPS) is 16.5. The van der Waals surface area contributed by atoms with Crippen LogP contribution in [0, 0.1) is 0 Å². The summed E-state index contributed by atoms with van der Waals surface area (Å²) in [5, 5.41) is 0. The summed E-state index contributed by atoms with van der Waals surface area (Å²) in [5.41, 5.74) is 0.254. The van der Waals surface area contributed by atoms with E-state index in [0.717, 1.165) is 36.4 Å². The predicted molar refractivity (Wildman–Crippen MR) is 168 cm³/mol. The molecule has 0 aromatic carbocycles. The van der Waals surface area contributed by atoms with Gasteiger partial charge in [-0.15, -0.1) is 0 Å². The quantitative estimate of drug-likeness (QED) is 0.0896. The Balaban J connectivity index is 1.54. The summed E-state index contributed by atoms with van der Waals surface area (Å²) in [5.74, 6) is -0.340. The number of ether oxygens (including phenoxy) is 3. The lowest BCUT2D eigenvalue weighted by molar-refractivity contribution is -0.701. The number of hydrogen-bond donors (Lipinski definition) is 0. The molecule has 42 heavy (non-hydrogen) atoms. The Kier molecular flexibility index (Phi) is 19.4. The van der Waals surface area contributed by atoms with Crippen molar-refractivity contribution in [1.29, 1.82) is 0 Å². The molecule has 1 atom stereocenters. The highest BCUT2D eigenvalue weighted by atomic mass is 16.6. The summed E-state index contributed by atoms with van der Waals surface area (Å²) in [6.45, 7) is 8.47. The summed E-state index contributed by atoms with van der Waals surface area (Å²) in [6.07, 6.45) is 24.6. The van der Waals surface area contributed by atoms with E-state index in [4.69, 9.17) is 14.2 Å². The molecule has 0 radical (unpaired) electrons. The van der Waals surface area contributed by atoms with Crippen LogP contribution in [0.4, 0.5) is 4.79 Å². The maximum absolute atomic E-state index is 12.9. The maximum atomic E-state index is 12.9. The molecule has 0 N–H and O–H groups in total. The molecule has 1 aliphatic rings. The van der Waals surface area contributed by atoms with Crippen molar-refractivity contribution >= 4 is 12.0 Å². The van der Waals surface area contributed by atoms with Crippen LogP contribution in [-0.2, 0) is 32.1 Å². The lowest BCUT2D eigenvalue weighted by atomic mass is 10.0. The van der Waals surface area contributed by atoms with E-state index < -0.39 is 11.7 Å². The number of unbranched alkanes of at least 4 members (excludes halogenated alkanes) is 15. The fourth-order valence-corrected chi connectivity index (χ4v) is 5.74. The second kappa shape index (κ2) is 22.5. The molecule has 0 bridgehead atoms. The Bertz CT molecular complexity index is 856. The highest BCUT2D eigenvalue weighted by molar-refractivity contribution is 5.90. The van der Waals surface area contributed by atoms with Crippen molar-refractivity contribution in [3.63, 3.8) is 0 Å². The molecule has 2 amide bonds. The van der Waals surface area contributed by atoms with E-state index in [0.29, 0.717) is 19.8 Å². The zero-order chi connectivity index (χ0) is 30.3. The van der Waals surface area contributed by atoms with Crippen molar-refractivity contribution in [2.75, 3.05) is 26.4 Å². The first-order valence-electron chi connectivity index (χ1n) is 17.1. The summed E-state index contributed by atoms with van der Waals surface area (Å²) in [4.78, 5) is 26.3. The third-order valence-corrected chi connectivity index (χ3v) is 8.45. The van der Waals surface area contributed by atoms with E-state index in [-0.39, 0.29) is 19.1 Å². The summed E-state index contributed by atoms with van der Waals surface area (Å²) in [7, 11) is 0. The Labute approximate surface area is 256 Å². The number of nitrogens with zero attached hydrogens (tertiary/aromatic N) is 2. The molecule has 2 heterocycles. The third-order valence-electron chi connectivity index (χ3n) is 8.45. The molecule has 0 aliphatic carbocycles. The van der Waals surface area contributed by atoms with Gasteiger partial charge in [0.25, 0.3) is 0 Å². The van der Waals surface area contributed by atoms with Gasteiger partial charge in [0.1, 0.15) is 25.3 Å². The van der Waals surface area contributed by atoms with Crippen LogP contribution in [0.15, 0.2) is 24.4 Å². The lowest BCUT2D eigenvalue weighted by Crippen LogP contribution is -2.45. The number of carbonyl (C=O) groups is 2. The molecule has 240 valence electrons. The molecule has 7 nitrogen and oxygen atoms in total. The Hall–Kier alpha value is -1.99. The fraction of sp³-hybridized carbons (Fsp3) is 0.800. The standard InChI is InChI=1S/C35H61N2O5/c1-4-6-7-8-9-10-11-12-13-14-15-16-17-18-19-22-27-40-30-35(25-23-28-42-35)31-41-34(39)37(32(3)38)29-33-24-20-21-26-36(33)5-2/h20-21,24,26H,4-19,22-23,25,27-31H2,1-3H3/q+1. The second-order valence-corrected chi connectivity index (χ2v) is 12.1. The molecule has 1 aromatic rings. The number of rotatable bonds is 24.